The number of aliphatic hydroxyl groups is 1. The number of aliphatic hydroxyl groups excluding tert-OH is 1. The second-order valence-corrected chi connectivity index (χ2v) is 4.36. The molecule has 0 bridgehead atoms. The number of nitrogens with one attached hydrogen (secondary N) is 1. The third-order valence-electron chi connectivity index (χ3n) is 3.03. The number of aromatic nitrogens is 1. The van der Waals surface area contributed by atoms with Gasteiger partial charge in [-0.3, -0.25) is 4.90 Å². The Morgan fingerprint density at radius 2 is 2.18 bits per heavy atom. The third-order valence-corrected chi connectivity index (χ3v) is 3.03. The Bertz CT molecular complexity index is 389. The summed E-state index contributed by atoms with van der Waals surface area (Å²) >= 11 is 0. The van der Waals surface area contributed by atoms with Crippen LogP contribution >= 0.6 is 0 Å². The number of rotatable bonds is 4. The standard InChI is InChI=1S/C12H18N4O/c13-8-11-2-1-5-16(11)10-12(17)9-15-6-3-14-4-7-15/h1-2,5,12,14,17H,3-4,6-7,9-10H2. The summed E-state index contributed by atoms with van der Waals surface area (Å²) in [5, 5.41) is 22.2. The minimum atomic E-state index is -0.424. The molecule has 1 aromatic heterocycles. The quantitative estimate of drug-likeness (QED) is 0.746. The van der Waals surface area contributed by atoms with E-state index in [9.17, 15) is 5.11 Å². The molecular formula is C12H18N4O. The summed E-state index contributed by atoms with van der Waals surface area (Å²) in [5.74, 6) is 0. The molecule has 1 aromatic rings. The number of piperazine rings is 1. The van der Waals surface area contributed by atoms with Crippen LogP contribution in [0.25, 0.3) is 0 Å². The SMILES string of the molecule is N#Cc1cccn1CC(O)CN1CCNCC1. The Morgan fingerprint density at radius 3 is 2.88 bits per heavy atom. The highest BCUT2D eigenvalue weighted by atomic mass is 16.3. The van der Waals surface area contributed by atoms with Crippen molar-refractivity contribution in [2.24, 2.45) is 0 Å². The average Bonchev–Trinajstić information content (AvgIpc) is 2.77. The fraction of sp³-hybridized carbons (Fsp3) is 0.583. The van der Waals surface area contributed by atoms with Crippen molar-refractivity contribution in [3.63, 3.8) is 0 Å². The molecule has 0 radical (unpaired) electrons. The van der Waals surface area contributed by atoms with Gasteiger partial charge in [0.05, 0.1) is 12.6 Å². The van der Waals surface area contributed by atoms with Gasteiger partial charge in [0.15, 0.2) is 0 Å². The Hall–Kier alpha value is -1.35. The highest BCUT2D eigenvalue weighted by Crippen LogP contribution is 2.04. The van der Waals surface area contributed by atoms with Gasteiger partial charge in [0, 0.05) is 38.9 Å². The van der Waals surface area contributed by atoms with Gasteiger partial charge in [-0.05, 0) is 12.1 Å². The van der Waals surface area contributed by atoms with Crippen molar-refractivity contribution in [3.05, 3.63) is 24.0 Å². The Morgan fingerprint density at radius 1 is 1.41 bits per heavy atom. The van der Waals surface area contributed by atoms with Gasteiger partial charge in [0.25, 0.3) is 0 Å². The lowest BCUT2D eigenvalue weighted by atomic mass is 10.2. The molecule has 1 aliphatic rings. The van der Waals surface area contributed by atoms with Crippen LogP contribution in [0.2, 0.25) is 0 Å². The van der Waals surface area contributed by atoms with Crippen LogP contribution in [0, 0.1) is 11.3 Å². The topological polar surface area (TPSA) is 64.2 Å². The second-order valence-electron chi connectivity index (χ2n) is 4.36. The molecular weight excluding hydrogens is 216 g/mol. The van der Waals surface area contributed by atoms with E-state index in [-0.39, 0.29) is 0 Å². The van der Waals surface area contributed by atoms with Crippen LogP contribution in [0.15, 0.2) is 18.3 Å². The monoisotopic (exact) mass is 234 g/mol. The van der Waals surface area contributed by atoms with Crippen LogP contribution < -0.4 is 5.32 Å². The van der Waals surface area contributed by atoms with Crippen LogP contribution in [0.1, 0.15) is 5.69 Å². The van der Waals surface area contributed by atoms with Gasteiger partial charge in [-0.2, -0.15) is 5.26 Å². The summed E-state index contributed by atoms with van der Waals surface area (Å²) < 4.78 is 1.80. The second kappa shape index (κ2) is 5.82. The van der Waals surface area contributed by atoms with Gasteiger partial charge >= 0.3 is 0 Å². The van der Waals surface area contributed by atoms with Gasteiger partial charge in [-0.25, -0.2) is 0 Å². The summed E-state index contributed by atoms with van der Waals surface area (Å²) in [7, 11) is 0. The first-order valence-corrected chi connectivity index (χ1v) is 5.96. The van der Waals surface area contributed by atoms with E-state index in [1.807, 2.05) is 12.3 Å². The lowest BCUT2D eigenvalue weighted by Gasteiger charge is -2.29. The van der Waals surface area contributed by atoms with E-state index >= 15 is 0 Å². The van der Waals surface area contributed by atoms with E-state index in [0.29, 0.717) is 18.8 Å². The van der Waals surface area contributed by atoms with Crippen molar-refractivity contribution < 1.29 is 5.11 Å². The van der Waals surface area contributed by atoms with Gasteiger partial charge in [-0.1, -0.05) is 0 Å². The first-order valence-electron chi connectivity index (χ1n) is 5.96. The van der Waals surface area contributed by atoms with Crippen molar-refractivity contribution >= 4 is 0 Å². The first kappa shape index (κ1) is 12.1. The molecule has 2 N–H and O–H groups in total. The van der Waals surface area contributed by atoms with Gasteiger partial charge < -0.3 is 15.0 Å². The largest absolute Gasteiger partial charge is 0.390 e. The molecule has 0 aromatic carbocycles. The molecule has 1 saturated heterocycles. The Balaban J connectivity index is 1.84. The highest BCUT2D eigenvalue weighted by molar-refractivity contribution is 5.21. The van der Waals surface area contributed by atoms with E-state index in [2.05, 4.69) is 16.3 Å². The molecule has 1 aliphatic heterocycles. The van der Waals surface area contributed by atoms with E-state index in [1.165, 1.54) is 0 Å². The fourth-order valence-electron chi connectivity index (χ4n) is 2.15. The molecule has 1 fully saturated rings. The molecule has 5 heteroatoms. The normalized spacial score (nSPS) is 18.8. The van der Waals surface area contributed by atoms with Crippen molar-refractivity contribution in [2.45, 2.75) is 12.6 Å². The van der Waals surface area contributed by atoms with Crippen LogP contribution in [0.5, 0.6) is 0 Å². The van der Waals surface area contributed by atoms with Gasteiger partial charge in [-0.15, -0.1) is 0 Å². The van der Waals surface area contributed by atoms with E-state index < -0.39 is 6.10 Å². The molecule has 0 amide bonds. The highest BCUT2D eigenvalue weighted by Gasteiger charge is 2.15. The number of hydrogen-bond acceptors (Lipinski definition) is 4. The molecule has 0 saturated carbocycles. The average molecular weight is 234 g/mol. The zero-order valence-electron chi connectivity index (χ0n) is 9.84. The minimum Gasteiger partial charge on any atom is -0.390 e. The number of hydrogen-bond donors (Lipinski definition) is 2. The van der Waals surface area contributed by atoms with Gasteiger partial charge in [0.1, 0.15) is 11.8 Å². The predicted molar refractivity (Wildman–Crippen MR) is 64.5 cm³/mol. The maximum absolute atomic E-state index is 10.0. The van der Waals surface area contributed by atoms with Crippen LogP contribution in [-0.4, -0.2) is 53.4 Å². The van der Waals surface area contributed by atoms with Crippen molar-refractivity contribution in [3.8, 4) is 6.07 Å². The molecule has 0 spiro atoms. The predicted octanol–water partition coefficient (Wildman–Crippen LogP) is -0.374. The third kappa shape index (κ3) is 3.30. The lowest BCUT2D eigenvalue weighted by molar-refractivity contribution is 0.0917. The smallest absolute Gasteiger partial charge is 0.120 e. The maximum Gasteiger partial charge on any atom is 0.120 e. The lowest BCUT2D eigenvalue weighted by Crippen LogP contribution is -2.46. The summed E-state index contributed by atoms with van der Waals surface area (Å²) in [6, 6.07) is 5.70. The molecule has 1 atom stereocenters. The van der Waals surface area contributed by atoms with E-state index in [4.69, 9.17) is 5.26 Å². The molecule has 2 heterocycles. The molecule has 17 heavy (non-hydrogen) atoms. The summed E-state index contributed by atoms with van der Waals surface area (Å²) in [6.45, 7) is 5.09. The van der Waals surface area contributed by atoms with Crippen molar-refractivity contribution in [1.82, 2.24) is 14.8 Å². The maximum atomic E-state index is 10.0. The van der Waals surface area contributed by atoms with Crippen LogP contribution in [-0.2, 0) is 6.54 Å². The van der Waals surface area contributed by atoms with E-state index in [0.717, 1.165) is 26.2 Å². The zero-order chi connectivity index (χ0) is 12.1. The van der Waals surface area contributed by atoms with Crippen molar-refractivity contribution in [1.29, 1.82) is 5.26 Å². The van der Waals surface area contributed by atoms with Crippen LogP contribution in [0.4, 0.5) is 0 Å². The minimum absolute atomic E-state index is 0.424. The fourth-order valence-corrected chi connectivity index (χ4v) is 2.15. The summed E-state index contributed by atoms with van der Waals surface area (Å²) in [4.78, 5) is 2.25. The summed E-state index contributed by atoms with van der Waals surface area (Å²) in [5.41, 5.74) is 0.601. The molecule has 2 rings (SSSR count). The number of β-amino-alcohol motifs (C(OH)–C–C–N with tert-alkyl or cyclic N) is 1. The molecule has 92 valence electrons. The Kier molecular flexibility index (Phi) is 4.15. The molecule has 5 nitrogen and oxygen atoms in total. The Labute approximate surface area is 101 Å². The molecule has 1 unspecified atom stereocenters. The van der Waals surface area contributed by atoms with E-state index in [1.54, 1.807) is 10.6 Å². The van der Waals surface area contributed by atoms with Gasteiger partial charge in [0.2, 0.25) is 0 Å². The number of nitrogens with zero attached hydrogens (tertiary/aromatic N) is 3. The van der Waals surface area contributed by atoms with Crippen molar-refractivity contribution in [2.75, 3.05) is 32.7 Å². The van der Waals surface area contributed by atoms with Crippen LogP contribution in [0.3, 0.4) is 0 Å². The zero-order valence-corrected chi connectivity index (χ0v) is 9.84. The molecule has 0 aliphatic carbocycles. The first-order chi connectivity index (χ1) is 8.29. The number of nitriles is 1. The summed E-state index contributed by atoms with van der Waals surface area (Å²) in [6.07, 6.45) is 1.41.